The first kappa shape index (κ1) is 14.7. The number of ether oxygens (including phenoxy) is 3. The summed E-state index contributed by atoms with van der Waals surface area (Å²) in [6, 6.07) is 4.30. The lowest BCUT2D eigenvalue weighted by atomic mass is 10.0. The van der Waals surface area contributed by atoms with Gasteiger partial charge in [0.05, 0.1) is 26.9 Å². The predicted octanol–water partition coefficient (Wildman–Crippen LogP) is 2.91. The second-order valence-corrected chi connectivity index (χ2v) is 4.87. The highest BCUT2D eigenvalue weighted by atomic mass is 16.5. The number of hydrogen-bond acceptors (Lipinski definition) is 4. The number of methoxy groups -OCH3 is 3. The van der Waals surface area contributed by atoms with Crippen LogP contribution in [0.5, 0.6) is 17.2 Å². The van der Waals surface area contributed by atoms with E-state index >= 15 is 0 Å². The Hall–Kier alpha value is -1.68. The molecule has 1 aliphatic carbocycles. The second-order valence-electron chi connectivity index (χ2n) is 4.87. The Morgan fingerprint density at radius 3 is 2.25 bits per heavy atom. The summed E-state index contributed by atoms with van der Waals surface area (Å²) in [7, 11) is 4.97. The highest BCUT2D eigenvalue weighted by Gasteiger charge is 2.15. The highest BCUT2D eigenvalue weighted by molar-refractivity contribution is 5.50. The summed E-state index contributed by atoms with van der Waals surface area (Å²) in [6.45, 7) is 0.731. The van der Waals surface area contributed by atoms with Crippen LogP contribution in [-0.2, 0) is 6.54 Å². The molecule has 1 aromatic rings. The van der Waals surface area contributed by atoms with Crippen molar-refractivity contribution < 1.29 is 14.2 Å². The normalized spacial score (nSPS) is 17.9. The maximum Gasteiger partial charge on any atom is 0.130 e. The zero-order valence-corrected chi connectivity index (χ0v) is 12.4. The average Bonchev–Trinajstić information content (AvgIpc) is 2.52. The highest BCUT2D eigenvalue weighted by Crippen LogP contribution is 2.34. The van der Waals surface area contributed by atoms with Crippen LogP contribution >= 0.6 is 0 Å². The zero-order valence-electron chi connectivity index (χ0n) is 12.4. The second kappa shape index (κ2) is 7.20. The van der Waals surface area contributed by atoms with Crippen LogP contribution in [0, 0.1) is 0 Å². The van der Waals surface area contributed by atoms with Crippen LogP contribution in [-0.4, -0.2) is 27.4 Å². The standard InChI is InChI=1S/C16H23NO3/c1-18-13-9-15(19-2)14(16(10-13)20-3)11-17-12-7-5-4-6-8-12/h4-5,9-10,12,17H,6-8,11H2,1-3H3. The number of benzene rings is 1. The van der Waals surface area contributed by atoms with Gasteiger partial charge >= 0.3 is 0 Å². The van der Waals surface area contributed by atoms with E-state index in [1.165, 1.54) is 6.42 Å². The minimum Gasteiger partial charge on any atom is -0.496 e. The van der Waals surface area contributed by atoms with Crippen LogP contribution in [0.1, 0.15) is 24.8 Å². The van der Waals surface area contributed by atoms with E-state index in [1.807, 2.05) is 12.1 Å². The van der Waals surface area contributed by atoms with Gasteiger partial charge in [-0.05, 0) is 19.3 Å². The predicted molar refractivity (Wildman–Crippen MR) is 79.7 cm³/mol. The van der Waals surface area contributed by atoms with Gasteiger partial charge in [0.25, 0.3) is 0 Å². The van der Waals surface area contributed by atoms with Crippen molar-refractivity contribution in [2.75, 3.05) is 21.3 Å². The molecular formula is C16H23NO3. The SMILES string of the molecule is COc1cc(OC)c(CNC2CC=CCC2)c(OC)c1. The number of hydrogen-bond donors (Lipinski definition) is 1. The molecule has 1 unspecified atom stereocenters. The van der Waals surface area contributed by atoms with E-state index in [1.54, 1.807) is 21.3 Å². The zero-order chi connectivity index (χ0) is 14.4. The van der Waals surface area contributed by atoms with Gasteiger partial charge in [-0.15, -0.1) is 0 Å². The summed E-state index contributed by atoms with van der Waals surface area (Å²) in [5.74, 6) is 2.32. The van der Waals surface area contributed by atoms with Gasteiger partial charge in [-0.25, -0.2) is 0 Å². The molecule has 0 saturated carbocycles. The fourth-order valence-corrected chi connectivity index (χ4v) is 2.48. The van der Waals surface area contributed by atoms with Crippen molar-refractivity contribution in [2.24, 2.45) is 0 Å². The summed E-state index contributed by atoms with van der Waals surface area (Å²) >= 11 is 0. The van der Waals surface area contributed by atoms with Crippen molar-refractivity contribution >= 4 is 0 Å². The molecular weight excluding hydrogens is 254 g/mol. The first-order valence-corrected chi connectivity index (χ1v) is 6.95. The minimum atomic E-state index is 0.525. The van der Waals surface area contributed by atoms with E-state index in [2.05, 4.69) is 17.5 Å². The van der Waals surface area contributed by atoms with E-state index < -0.39 is 0 Å². The fourth-order valence-electron chi connectivity index (χ4n) is 2.48. The van der Waals surface area contributed by atoms with Gasteiger partial charge in [0.1, 0.15) is 17.2 Å². The first-order chi connectivity index (χ1) is 9.78. The van der Waals surface area contributed by atoms with Gasteiger partial charge in [0.2, 0.25) is 0 Å². The molecule has 20 heavy (non-hydrogen) atoms. The molecule has 0 aromatic heterocycles. The molecule has 1 aliphatic rings. The lowest BCUT2D eigenvalue weighted by Gasteiger charge is -2.21. The van der Waals surface area contributed by atoms with Crippen molar-refractivity contribution in [3.8, 4) is 17.2 Å². The van der Waals surface area contributed by atoms with Crippen LogP contribution in [0.25, 0.3) is 0 Å². The van der Waals surface area contributed by atoms with Gasteiger partial charge in [-0.1, -0.05) is 12.2 Å². The van der Waals surface area contributed by atoms with Crippen LogP contribution in [0.2, 0.25) is 0 Å². The Morgan fingerprint density at radius 2 is 1.75 bits per heavy atom. The Bertz CT molecular complexity index is 446. The maximum absolute atomic E-state index is 5.46. The largest absolute Gasteiger partial charge is 0.496 e. The third-order valence-corrected chi connectivity index (χ3v) is 3.65. The molecule has 0 bridgehead atoms. The van der Waals surface area contributed by atoms with Crippen LogP contribution in [0.15, 0.2) is 24.3 Å². The smallest absolute Gasteiger partial charge is 0.130 e. The van der Waals surface area contributed by atoms with Crippen LogP contribution in [0.4, 0.5) is 0 Å². The summed E-state index contributed by atoms with van der Waals surface area (Å²) in [5, 5.41) is 3.57. The first-order valence-electron chi connectivity index (χ1n) is 6.95. The molecule has 0 aliphatic heterocycles. The van der Waals surface area contributed by atoms with Gasteiger partial charge in [0.15, 0.2) is 0 Å². The van der Waals surface area contributed by atoms with E-state index in [0.717, 1.165) is 42.2 Å². The van der Waals surface area contributed by atoms with Crippen LogP contribution in [0.3, 0.4) is 0 Å². The van der Waals surface area contributed by atoms with Crippen molar-refractivity contribution in [3.63, 3.8) is 0 Å². The van der Waals surface area contributed by atoms with Gasteiger partial charge in [-0.2, -0.15) is 0 Å². The van der Waals surface area contributed by atoms with Gasteiger partial charge < -0.3 is 19.5 Å². The molecule has 0 saturated heterocycles. The molecule has 1 aromatic carbocycles. The maximum atomic E-state index is 5.46. The number of nitrogens with one attached hydrogen (secondary N) is 1. The van der Waals surface area contributed by atoms with Gasteiger partial charge in [-0.3, -0.25) is 0 Å². The Balaban J connectivity index is 2.14. The molecule has 4 heteroatoms. The molecule has 0 heterocycles. The van der Waals surface area contributed by atoms with Crippen molar-refractivity contribution in [1.29, 1.82) is 0 Å². The molecule has 0 spiro atoms. The molecule has 4 nitrogen and oxygen atoms in total. The molecule has 0 amide bonds. The van der Waals surface area contributed by atoms with E-state index in [-0.39, 0.29) is 0 Å². The summed E-state index contributed by atoms with van der Waals surface area (Å²) in [6.07, 6.45) is 7.89. The molecule has 0 radical (unpaired) electrons. The average molecular weight is 277 g/mol. The summed E-state index contributed by atoms with van der Waals surface area (Å²) in [4.78, 5) is 0. The summed E-state index contributed by atoms with van der Waals surface area (Å²) < 4.78 is 16.2. The minimum absolute atomic E-state index is 0.525. The Kier molecular flexibility index (Phi) is 5.30. The monoisotopic (exact) mass is 277 g/mol. The number of allylic oxidation sites excluding steroid dienone is 1. The third kappa shape index (κ3) is 3.45. The summed E-state index contributed by atoms with van der Waals surface area (Å²) in [5.41, 5.74) is 1.03. The van der Waals surface area contributed by atoms with E-state index in [4.69, 9.17) is 14.2 Å². The van der Waals surface area contributed by atoms with Crippen molar-refractivity contribution in [3.05, 3.63) is 29.8 Å². The lowest BCUT2D eigenvalue weighted by Crippen LogP contribution is -2.29. The molecule has 110 valence electrons. The van der Waals surface area contributed by atoms with Crippen molar-refractivity contribution in [1.82, 2.24) is 5.32 Å². The molecule has 1 atom stereocenters. The van der Waals surface area contributed by atoms with Gasteiger partial charge in [0, 0.05) is 24.7 Å². The van der Waals surface area contributed by atoms with E-state index in [0.29, 0.717) is 6.04 Å². The molecule has 0 fully saturated rings. The Labute approximate surface area is 120 Å². The fraction of sp³-hybridized carbons (Fsp3) is 0.500. The topological polar surface area (TPSA) is 39.7 Å². The van der Waals surface area contributed by atoms with E-state index in [9.17, 15) is 0 Å². The number of rotatable bonds is 6. The lowest BCUT2D eigenvalue weighted by molar-refractivity contribution is 0.363. The Morgan fingerprint density at radius 1 is 1.05 bits per heavy atom. The van der Waals surface area contributed by atoms with Crippen molar-refractivity contribution in [2.45, 2.75) is 31.8 Å². The molecule has 1 N–H and O–H groups in total. The molecule has 2 rings (SSSR count). The quantitative estimate of drug-likeness (QED) is 0.812. The third-order valence-electron chi connectivity index (χ3n) is 3.65. The van der Waals surface area contributed by atoms with Crippen LogP contribution < -0.4 is 19.5 Å².